The molecule has 0 N–H and O–H groups in total. The predicted molar refractivity (Wildman–Crippen MR) is 271 cm³/mol. The van der Waals surface area contributed by atoms with Crippen molar-refractivity contribution in [1.82, 2.24) is 0 Å². The first-order chi connectivity index (χ1) is 32.3. The topological polar surface area (TPSA) is 16.4 Å². The second-order valence-electron chi connectivity index (χ2n) is 17.5. The molecular formula is C63H39NO. The van der Waals surface area contributed by atoms with Gasteiger partial charge in [0.05, 0.1) is 11.1 Å². The summed E-state index contributed by atoms with van der Waals surface area (Å²) in [6.07, 6.45) is 0. The number of hydrogen-bond donors (Lipinski definition) is 0. The number of fused-ring (bicyclic) bond motifs is 15. The van der Waals surface area contributed by atoms with Gasteiger partial charge in [0.1, 0.15) is 11.2 Å². The predicted octanol–water partition coefficient (Wildman–Crippen LogP) is 17.0. The van der Waals surface area contributed by atoms with E-state index in [9.17, 15) is 0 Å². The maximum absolute atomic E-state index is 7.04. The van der Waals surface area contributed by atoms with Crippen LogP contribution in [-0.2, 0) is 5.41 Å². The molecule has 0 bridgehead atoms. The van der Waals surface area contributed by atoms with E-state index >= 15 is 0 Å². The van der Waals surface area contributed by atoms with E-state index in [0.29, 0.717) is 0 Å². The minimum atomic E-state index is -0.469. The highest BCUT2D eigenvalue weighted by molar-refractivity contribution is 6.21. The number of benzene rings is 11. The Morgan fingerprint density at radius 1 is 0.323 bits per heavy atom. The van der Waals surface area contributed by atoms with E-state index in [1.165, 1.54) is 71.6 Å². The van der Waals surface area contributed by atoms with Crippen molar-refractivity contribution < 1.29 is 4.42 Å². The lowest BCUT2D eigenvalue weighted by Crippen LogP contribution is -2.26. The minimum absolute atomic E-state index is 0.469. The van der Waals surface area contributed by atoms with E-state index in [4.69, 9.17) is 4.42 Å². The van der Waals surface area contributed by atoms with Crippen molar-refractivity contribution in [1.29, 1.82) is 0 Å². The molecule has 0 saturated heterocycles. The summed E-state index contributed by atoms with van der Waals surface area (Å²) in [4.78, 5) is 2.47. The zero-order valence-electron chi connectivity index (χ0n) is 35.4. The van der Waals surface area contributed by atoms with E-state index in [-0.39, 0.29) is 0 Å². The molecule has 14 rings (SSSR count). The lowest BCUT2D eigenvalue weighted by Gasteiger charge is -2.32. The highest BCUT2D eigenvalue weighted by atomic mass is 16.3. The van der Waals surface area contributed by atoms with Crippen LogP contribution in [0.25, 0.3) is 88.0 Å². The Kier molecular flexibility index (Phi) is 7.64. The van der Waals surface area contributed by atoms with Gasteiger partial charge in [-0.05, 0) is 120 Å². The number of anilines is 3. The summed E-state index contributed by atoms with van der Waals surface area (Å²) in [5.41, 5.74) is 19.6. The van der Waals surface area contributed by atoms with E-state index in [0.717, 1.165) is 55.7 Å². The molecule has 0 amide bonds. The van der Waals surface area contributed by atoms with Gasteiger partial charge in [0.25, 0.3) is 0 Å². The number of nitrogens with zero attached hydrogens (tertiary/aromatic N) is 1. The highest BCUT2D eigenvalue weighted by Crippen LogP contribution is 2.63. The summed E-state index contributed by atoms with van der Waals surface area (Å²) >= 11 is 0. The van der Waals surface area contributed by atoms with Gasteiger partial charge in [-0.25, -0.2) is 0 Å². The molecule has 0 saturated carbocycles. The third-order valence-corrected chi connectivity index (χ3v) is 14.3. The maximum Gasteiger partial charge on any atom is 0.143 e. The number of rotatable bonds is 5. The van der Waals surface area contributed by atoms with Crippen LogP contribution >= 0.6 is 0 Å². The first-order valence-electron chi connectivity index (χ1n) is 22.5. The lowest BCUT2D eigenvalue weighted by atomic mass is 9.70. The quantitative estimate of drug-likeness (QED) is 0.172. The van der Waals surface area contributed by atoms with Gasteiger partial charge in [-0.3, -0.25) is 0 Å². The third-order valence-electron chi connectivity index (χ3n) is 14.3. The van der Waals surface area contributed by atoms with Crippen LogP contribution in [0.15, 0.2) is 241 Å². The molecule has 1 aromatic heterocycles. The van der Waals surface area contributed by atoms with E-state index < -0.39 is 5.41 Å². The fraction of sp³-hybridized carbons (Fsp3) is 0.0159. The molecule has 0 unspecified atom stereocenters. The van der Waals surface area contributed by atoms with Crippen LogP contribution in [0.2, 0.25) is 0 Å². The zero-order valence-corrected chi connectivity index (χ0v) is 35.4. The summed E-state index contributed by atoms with van der Waals surface area (Å²) < 4.78 is 7.04. The van der Waals surface area contributed by atoms with Crippen LogP contribution in [0.3, 0.4) is 0 Å². The van der Waals surface area contributed by atoms with Crippen LogP contribution < -0.4 is 4.90 Å². The van der Waals surface area contributed by atoms with Crippen molar-refractivity contribution in [3.8, 4) is 44.5 Å². The standard InChI is InChI=1S/C63H39NO/c1-2-17-41(18-3-1)46-23-11-15-32-59(46)64(44-33-35-51-50-27-10-14-31-57(50)63(58(51)39-44)55-29-12-8-25-48(55)49-26-9-13-30-56(49)63)43-34-36-60-53(38-43)54-37-42-20-5-7-24-47(42)61(62(54)65-60)52-28-16-21-40-19-4-6-22-45(40)52/h1-39H. The van der Waals surface area contributed by atoms with Crippen molar-refractivity contribution >= 4 is 60.5 Å². The Morgan fingerprint density at radius 3 is 1.60 bits per heavy atom. The van der Waals surface area contributed by atoms with Crippen molar-refractivity contribution in [2.45, 2.75) is 5.41 Å². The maximum atomic E-state index is 7.04. The molecule has 12 aromatic rings. The van der Waals surface area contributed by atoms with E-state index in [1.807, 2.05) is 0 Å². The Bertz CT molecular complexity index is 3840. The molecule has 0 aliphatic heterocycles. The van der Waals surface area contributed by atoms with Crippen LogP contribution in [0.1, 0.15) is 22.3 Å². The number of furan rings is 1. The summed E-state index contributed by atoms with van der Waals surface area (Å²) in [6.45, 7) is 0. The SMILES string of the molecule is c1ccc(-c2ccccc2N(c2ccc3c(c2)C2(c4ccccc4-c4ccccc42)c2ccccc2-3)c2ccc3oc4c(-c5cccc6ccccc56)c5ccccc5cc4c3c2)cc1. The summed E-state index contributed by atoms with van der Waals surface area (Å²) in [5.74, 6) is 0. The molecule has 2 aliphatic rings. The largest absolute Gasteiger partial charge is 0.455 e. The first-order valence-corrected chi connectivity index (χ1v) is 22.5. The molecule has 1 spiro atoms. The van der Waals surface area contributed by atoms with Crippen LogP contribution in [0.5, 0.6) is 0 Å². The molecule has 2 heteroatoms. The fourth-order valence-corrected chi connectivity index (χ4v) is 11.6. The minimum Gasteiger partial charge on any atom is -0.455 e. The number of hydrogen-bond acceptors (Lipinski definition) is 2. The van der Waals surface area contributed by atoms with Crippen LogP contribution in [0, 0.1) is 0 Å². The Morgan fingerprint density at radius 2 is 0.862 bits per heavy atom. The molecule has 65 heavy (non-hydrogen) atoms. The van der Waals surface area contributed by atoms with Gasteiger partial charge in [0, 0.05) is 33.3 Å². The average molecular weight is 826 g/mol. The second-order valence-corrected chi connectivity index (χ2v) is 17.5. The monoisotopic (exact) mass is 825 g/mol. The van der Waals surface area contributed by atoms with Gasteiger partial charge < -0.3 is 9.32 Å². The Balaban J connectivity index is 1.05. The molecular weight excluding hydrogens is 787 g/mol. The van der Waals surface area contributed by atoms with Crippen LogP contribution in [0.4, 0.5) is 17.1 Å². The summed E-state index contributed by atoms with van der Waals surface area (Å²) in [7, 11) is 0. The van der Waals surface area contributed by atoms with Gasteiger partial charge in [-0.1, -0.05) is 194 Å². The van der Waals surface area contributed by atoms with E-state index in [2.05, 4.69) is 241 Å². The average Bonchev–Trinajstić information content (AvgIpc) is 3.99. The van der Waals surface area contributed by atoms with Gasteiger partial charge in [-0.2, -0.15) is 0 Å². The normalized spacial score (nSPS) is 13.0. The molecule has 2 aliphatic carbocycles. The second kappa shape index (κ2) is 13.8. The van der Waals surface area contributed by atoms with Gasteiger partial charge >= 0.3 is 0 Å². The highest BCUT2D eigenvalue weighted by Gasteiger charge is 2.51. The Hall–Kier alpha value is -8.46. The Labute approximate surface area is 376 Å². The van der Waals surface area contributed by atoms with Gasteiger partial charge in [0.15, 0.2) is 0 Å². The van der Waals surface area contributed by atoms with Crippen molar-refractivity contribution in [2.24, 2.45) is 0 Å². The first kappa shape index (κ1) is 36.1. The molecule has 0 radical (unpaired) electrons. The fourth-order valence-electron chi connectivity index (χ4n) is 11.6. The van der Waals surface area contributed by atoms with Crippen LogP contribution in [-0.4, -0.2) is 0 Å². The molecule has 2 nitrogen and oxygen atoms in total. The third kappa shape index (κ3) is 5.05. The van der Waals surface area contributed by atoms with Gasteiger partial charge in [-0.15, -0.1) is 0 Å². The smallest absolute Gasteiger partial charge is 0.143 e. The summed E-state index contributed by atoms with van der Waals surface area (Å²) in [6, 6.07) is 87.0. The molecule has 0 atom stereocenters. The lowest BCUT2D eigenvalue weighted by molar-refractivity contribution is 0.670. The van der Waals surface area contributed by atoms with E-state index in [1.54, 1.807) is 0 Å². The molecule has 11 aromatic carbocycles. The van der Waals surface area contributed by atoms with Crippen molar-refractivity contribution in [3.05, 3.63) is 259 Å². The summed E-state index contributed by atoms with van der Waals surface area (Å²) in [5, 5.41) is 6.96. The van der Waals surface area contributed by atoms with Crippen molar-refractivity contribution in [2.75, 3.05) is 4.90 Å². The molecule has 0 fully saturated rings. The molecule has 302 valence electrons. The number of para-hydroxylation sites is 1. The molecule has 1 heterocycles. The van der Waals surface area contributed by atoms with Gasteiger partial charge in [0.2, 0.25) is 0 Å². The van der Waals surface area contributed by atoms with Crippen molar-refractivity contribution in [3.63, 3.8) is 0 Å². The zero-order chi connectivity index (χ0) is 42.6.